The summed E-state index contributed by atoms with van der Waals surface area (Å²) in [5.74, 6) is 1.54. The maximum atomic E-state index is 5.55. The van der Waals surface area contributed by atoms with Gasteiger partial charge in [-0.2, -0.15) is 0 Å². The van der Waals surface area contributed by atoms with Crippen molar-refractivity contribution in [2.45, 2.75) is 46.3 Å². The van der Waals surface area contributed by atoms with Gasteiger partial charge in [0.2, 0.25) is 0 Å². The van der Waals surface area contributed by atoms with Gasteiger partial charge in [-0.3, -0.25) is 0 Å². The summed E-state index contributed by atoms with van der Waals surface area (Å²) in [7, 11) is 1.72. The topological polar surface area (TPSA) is 21.8 Å². The molecule has 0 aliphatic carbocycles. The third-order valence-corrected chi connectivity index (χ3v) is 3.75. The van der Waals surface area contributed by atoms with Gasteiger partial charge in [-0.05, 0) is 61.9 Å². The van der Waals surface area contributed by atoms with Crippen molar-refractivity contribution in [3.05, 3.63) is 28.8 Å². The van der Waals surface area contributed by atoms with E-state index in [1.165, 1.54) is 16.7 Å². The second-order valence-corrected chi connectivity index (χ2v) is 5.23. The number of aryl methyl sites for hydroxylation is 2. The number of hydrogen-bond donors (Lipinski definition) is 0. The normalized spacial score (nSPS) is 24.5. The van der Waals surface area contributed by atoms with Crippen LogP contribution in [-0.4, -0.2) is 19.3 Å². The molecule has 1 aliphatic rings. The quantitative estimate of drug-likeness (QED) is 0.746. The predicted molar refractivity (Wildman–Crippen MR) is 69.7 cm³/mol. The fourth-order valence-electron chi connectivity index (χ4n) is 2.63. The molecule has 2 heteroatoms. The van der Waals surface area contributed by atoms with Crippen molar-refractivity contribution in [3.63, 3.8) is 0 Å². The second kappa shape index (κ2) is 4.69. The van der Waals surface area contributed by atoms with Crippen LogP contribution in [-0.2, 0) is 11.2 Å². The molecule has 94 valence electrons. The Bertz CT molecular complexity index is 388. The van der Waals surface area contributed by atoms with Gasteiger partial charge in [0.25, 0.3) is 0 Å². The summed E-state index contributed by atoms with van der Waals surface area (Å²) in [5.41, 5.74) is 4.09. The molecule has 1 fully saturated rings. The van der Waals surface area contributed by atoms with E-state index in [0.717, 1.165) is 12.2 Å². The lowest BCUT2D eigenvalue weighted by Crippen LogP contribution is -2.11. The van der Waals surface area contributed by atoms with Crippen LogP contribution in [0.25, 0.3) is 0 Å². The molecule has 0 bridgehead atoms. The molecular weight excluding hydrogens is 212 g/mol. The van der Waals surface area contributed by atoms with Gasteiger partial charge >= 0.3 is 0 Å². The van der Waals surface area contributed by atoms with E-state index in [1.54, 1.807) is 7.11 Å². The lowest BCUT2D eigenvalue weighted by atomic mass is 9.91. The number of hydrogen-bond acceptors (Lipinski definition) is 2. The van der Waals surface area contributed by atoms with Gasteiger partial charge in [0.05, 0.1) is 19.3 Å². The van der Waals surface area contributed by atoms with Gasteiger partial charge in [0.15, 0.2) is 0 Å². The molecule has 1 aromatic carbocycles. The zero-order valence-corrected chi connectivity index (χ0v) is 11.4. The highest BCUT2D eigenvalue weighted by molar-refractivity contribution is 5.41. The van der Waals surface area contributed by atoms with E-state index in [2.05, 4.69) is 39.8 Å². The van der Waals surface area contributed by atoms with Gasteiger partial charge in [-0.25, -0.2) is 0 Å². The molecule has 0 amide bonds. The molecule has 17 heavy (non-hydrogen) atoms. The van der Waals surface area contributed by atoms with Crippen LogP contribution in [0.5, 0.6) is 5.75 Å². The van der Waals surface area contributed by atoms with E-state index in [1.807, 2.05) is 0 Å². The van der Waals surface area contributed by atoms with Crippen molar-refractivity contribution in [1.29, 1.82) is 0 Å². The lowest BCUT2D eigenvalue weighted by Gasteiger charge is -2.15. The molecule has 0 aromatic heterocycles. The van der Waals surface area contributed by atoms with Crippen molar-refractivity contribution in [2.75, 3.05) is 7.11 Å². The van der Waals surface area contributed by atoms with Gasteiger partial charge in [-0.15, -0.1) is 0 Å². The Morgan fingerprint density at radius 3 is 2.24 bits per heavy atom. The second-order valence-electron chi connectivity index (χ2n) is 5.23. The van der Waals surface area contributed by atoms with E-state index in [0.29, 0.717) is 18.1 Å². The van der Waals surface area contributed by atoms with Crippen LogP contribution >= 0.6 is 0 Å². The molecule has 0 radical (unpaired) electrons. The fourth-order valence-corrected chi connectivity index (χ4v) is 2.63. The first kappa shape index (κ1) is 12.4. The van der Waals surface area contributed by atoms with Crippen LogP contribution in [0, 0.1) is 19.8 Å². The number of rotatable bonds is 4. The summed E-state index contributed by atoms with van der Waals surface area (Å²) in [6.45, 7) is 8.75. The van der Waals surface area contributed by atoms with Gasteiger partial charge in [-0.1, -0.05) is 6.92 Å². The molecule has 3 atom stereocenters. The Hall–Kier alpha value is -1.02. The van der Waals surface area contributed by atoms with Gasteiger partial charge in [0.1, 0.15) is 5.75 Å². The van der Waals surface area contributed by atoms with Crippen LogP contribution in [0.4, 0.5) is 0 Å². The maximum absolute atomic E-state index is 5.55. The Morgan fingerprint density at radius 1 is 1.29 bits per heavy atom. The largest absolute Gasteiger partial charge is 0.497 e. The monoisotopic (exact) mass is 234 g/mol. The fraction of sp³-hybridized carbons (Fsp3) is 0.600. The molecule has 3 unspecified atom stereocenters. The van der Waals surface area contributed by atoms with Gasteiger partial charge in [0, 0.05) is 0 Å². The van der Waals surface area contributed by atoms with Crippen LogP contribution in [0.2, 0.25) is 0 Å². The molecule has 2 nitrogen and oxygen atoms in total. The molecule has 1 saturated heterocycles. The van der Waals surface area contributed by atoms with Crippen LogP contribution < -0.4 is 4.74 Å². The van der Waals surface area contributed by atoms with Crippen molar-refractivity contribution in [2.24, 2.45) is 5.92 Å². The molecule has 0 spiro atoms. The average molecular weight is 234 g/mol. The molecule has 2 rings (SSSR count). The van der Waals surface area contributed by atoms with Crippen molar-refractivity contribution in [1.82, 2.24) is 0 Å². The standard InChI is InChI=1S/C15H22O2/c1-9-6-13(16-5)7-10(2)14(9)8-11(3)15-12(4)17-15/h6-7,11-12,15H,8H2,1-5H3. The maximum Gasteiger partial charge on any atom is 0.119 e. The highest BCUT2D eigenvalue weighted by Crippen LogP contribution is 2.33. The van der Waals surface area contributed by atoms with Crippen molar-refractivity contribution >= 4 is 0 Å². The van der Waals surface area contributed by atoms with Crippen LogP contribution in [0.15, 0.2) is 12.1 Å². The summed E-state index contributed by atoms with van der Waals surface area (Å²) in [4.78, 5) is 0. The number of benzene rings is 1. The van der Waals surface area contributed by atoms with E-state index in [9.17, 15) is 0 Å². The Morgan fingerprint density at radius 2 is 1.82 bits per heavy atom. The van der Waals surface area contributed by atoms with E-state index < -0.39 is 0 Å². The smallest absolute Gasteiger partial charge is 0.119 e. The molecule has 1 heterocycles. The minimum atomic E-state index is 0.448. The molecule has 1 aromatic rings. The minimum Gasteiger partial charge on any atom is -0.497 e. The summed E-state index contributed by atoms with van der Waals surface area (Å²) in [6.07, 6.45) is 2.00. The van der Waals surface area contributed by atoms with Gasteiger partial charge < -0.3 is 9.47 Å². The van der Waals surface area contributed by atoms with E-state index in [4.69, 9.17) is 9.47 Å². The van der Waals surface area contributed by atoms with E-state index >= 15 is 0 Å². The van der Waals surface area contributed by atoms with E-state index in [-0.39, 0.29) is 0 Å². The lowest BCUT2D eigenvalue weighted by molar-refractivity contribution is 0.327. The minimum absolute atomic E-state index is 0.448. The Kier molecular flexibility index (Phi) is 3.43. The first-order valence-electron chi connectivity index (χ1n) is 6.32. The third-order valence-electron chi connectivity index (χ3n) is 3.75. The first-order chi connectivity index (χ1) is 8.02. The Balaban J connectivity index is 2.15. The predicted octanol–water partition coefficient (Wildman–Crippen LogP) is 3.28. The van der Waals surface area contributed by atoms with Crippen LogP contribution in [0.3, 0.4) is 0 Å². The molecule has 0 saturated carbocycles. The highest BCUT2D eigenvalue weighted by Gasteiger charge is 2.38. The summed E-state index contributed by atoms with van der Waals surface area (Å²) < 4.78 is 10.8. The summed E-state index contributed by atoms with van der Waals surface area (Å²) >= 11 is 0. The van der Waals surface area contributed by atoms with Crippen molar-refractivity contribution in [3.8, 4) is 5.75 Å². The molecule has 0 N–H and O–H groups in total. The zero-order valence-electron chi connectivity index (χ0n) is 11.4. The summed E-state index contributed by atoms with van der Waals surface area (Å²) in [5, 5.41) is 0. The molecule has 1 aliphatic heterocycles. The molecular formula is C15H22O2. The highest BCUT2D eigenvalue weighted by atomic mass is 16.6. The Labute approximate surface area is 104 Å². The number of ether oxygens (including phenoxy) is 2. The number of methoxy groups -OCH3 is 1. The summed E-state index contributed by atoms with van der Waals surface area (Å²) in [6, 6.07) is 4.23. The third kappa shape index (κ3) is 2.63. The average Bonchev–Trinajstić information content (AvgIpc) is 3.00. The SMILES string of the molecule is COc1cc(C)c(CC(C)C2OC2C)c(C)c1. The first-order valence-corrected chi connectivity index (χ1v) is 6.32. The number of epoxide rings is 1. The zero-order chi connectivity index (χ0) is 12.6. The van der Waals surface area contributed by atoms with Crippen LogP contribution in [0.1, 0.15) is 30.5 Å². The van der Waals surface area contributed by atoms with Crippen molar-refractivity contribution < 1.29 is 9.47 Å².